The van der Waals surface area contributed by atoms with Crippen molar-refractivity contribution in [3.8, 4) is 0 Å². The van der Waals surface area contributed by atoms with E-state index < -0.39 is 0 Å². The Hall–Kier alpha value is -0.990. The topological polar surface area (TPSA) is 39.2 Å². The van der Waals surface area contributed by atoms with E-state index in [-0.39, 0.29) is 18.4 Å². The molecule has 0 spiro atoms. The molecule has 0 aliphatic heterocycles. The molecule has 0 fully saturated rings. The zero-order chi connectivity index (χ0) is 9.42. The highest BCUT2D eigenvalue weighted by Crippen LogP contribution is 2.27. The van der Waals surface area contributed by atoms with Crippen LogP contribution < -0.4 is 5.73 Å². The van der Waals surface area contributed by atoms with Crippen LogP contribution in [-0.4, -0.2) is 0 Å². The second kappa shape index (κ2) is 4.03. The molecule has 2 N–H and O–H groups in total. The molecule has 0 amide bonds. The van der Waals surface area contributed by atoms with Gasteiger partial charge in [-0.15, -0.1) is 12.4 Å². The summed E-state index contributed by atoms with van der Waals surface area (Å²) in [5.41, 5.74) is 7.87. The molecule has 0 aliphatic carbocycles. The van der Waals surface area contributed by atoms with Gasteiger partial charge in [0.25, 0.3) is 0 Å². The largest absolute Gasteiger partial charge is 0.459 e. The molecule has 0 radical (unpaired) electrons. The third-order valence-electron chi connectivity index (χ3n) is 2.29. The summed E-state index contributed by atoms with van der Waals surface area (Å²) >= 11 is 0. The predicted octanol–water partition coefficient (Wildman–Crippen LogP) is 3.18. The summed E-state index contributed by atoms with van der Waals surface area (Å²) in [6, 6.07) is 7.97. The summed E-state index contributed by atoms with van der Waals surface area (Å²) in [7, 11) is 0. The number of nitrogens with two attached hydrogens (primary N) is 1. The van der Waals surface area contributed by atoms with E-state index in [4.69, 9.17) is 10.2 Å². The molecule has 0 saturated heterocycles. The van der Waals surface area contributed by atoms with Crippen LogP contribution in [0.25, 0.3) is 11.0 Å². The summed E-state index contributed by atoms with van der Waals surface area (Å²) in [5.74, 6) is 0.890. The summed E-state index contributed by atoms with van der Waals surface area (Å²) in [6.45, 7) is 3.98. The molecule has 14 heavy (non-hydrogen) atoms. The normalized spacial score (nSPS) is 12.5. The molecule has 2 aromatic rings. The standard InChI is InChI=1S/C11H13NO.ClH/c1-7-9-5-3-4-6-10(9)13-11(7)8(2)12;/h3-6,8H,12H2,1-2H3;1H/t8-;/m0./s1. The van der Waals surface area contributed by atoms with Crippen molar-refractivity contribution < 1.29 is 4.42 Å². The van der Waals surface area contributed by atoms with Gasteiger partial charge in [0.15, 0.2) is 0 Å². The SMILES string of the molecule is Cc1c([C@H](C)N)oc2ccccc12.Cl. The number of rotatable bonds is 1. The molecule has 0 unspecified atom stereocenters. The number of halogens is 1. The first kappa shape index (κ1) is 11.1. The van der Waals surface area contributed by atoms with Gasteiger partial charge >= 0.3 is 0 Å². The molecule has 0 aliphatic rings. The first-order valence-electron chi connectivity index (χ1n) is 4.43. The lowest BCUT2D eigenvalue weighted by Crippen LogP contribution is -2.04. The van der Waals surface area contributed by atoms with E-state index in [1.54, 1.807) is 0 Å². The molecular formula is C11H14ClNO. The Bertz CT molecular complexity index is 434. The Morgan fingerprint density at radius 2 is 1.93 bits per heavy atom. The average molecular weight is 212 g/mol. The fourth-order valence-electron chi connectivity index (χ4n) is 1.63. The maximum absolute atomic E-state index is 5.78. The molecule has 1 heterocycles. The number of hydrogen-bond acceptors (Lipinski definition) is 2. The highest BCUT2D eigenvalue weighted by atomic mass is 35.5. The van der Waals surface area contributed by atoms with E-state index in [0.717, 1.165) is 22.3 Å². The van der Waals surface area contributed by atoms with Crippen LogP contribution in [0, 0.1) is 6.92 Å². The number of para-hydroxylation sites is 1. The van der Waals surface area contributed by atoms with E-state index in [0.29, 0.717) is 0 Å². The van der Waals surface area contributed by atoms with Gasteiger partial charge in [0.2, 0.25) is 0 Å². The lowest BCUT2D eigenvalue weighted by molar-refractivity contribution is 0.509. The lowest BCUT2D eigenvalue weighted by atomic mass is 10.1. The van der Waals surface area contributed by atoms with Crippen molar-refractivity contribution >= 4 is 23.4 Å². The highest BCUT2D eigenvalue weighted by Gasteiger charge is 2.12. The van der Waals surface area contributed by atoms with Crippen LogP contribution >= 0.6 is 12.4 Å². The first-order valence-corrected chi connectivity index (χ1v) is 4.43. The molecule has 0 bridgehead atoms. The van der Waals surface area contributed by atoms with Crippen LogP contribution in [0.5, 0.6) is 0 Å². The first-order chi connectivity index (χ1) is 6.20. The minimum Gasteiger partial charge on any atom is -0.459 e. The number of fused-ring (bicyclic) bond motifs is 1. The fourth-order valence-corrected chi connectivity index (χ4v) is 1.63. The number of benzene rings is 1. The van der Waals surface area contributed by atoms with Crippen LogP contribution in [-0.2, 0) is 0 Å². The molecule has 2 rings (SSSR count). The van der Waals surface area contributed by atoms with Crippen molar-refractivity contribution in [2.45, 2.75) is 19.9 Å². The summed E-state index contributed by atoms with van der Waals surface area (Å²) < 4.78 is 5.64. The Labute approximate surface area is 89.5 Å². The van der Waals surface area contributed by atoms with Gasteiger partial charge in [0.05, 0.1) is 6.04 Å². The van der Waals surface area contributed by atoms with Crippen LogP contribution in [0.3, 0.4) is 0 Å². The molecule has 76 valence electrons. The maximum atomic E-state index is 5.78. The highest BCUT2D eigenvalue weighted by molar-refractivity contribution is 5.85. The van der Waals surface area contributed by atoms with Crippen molar-refractivity contribution in [1.29, 1.82) is 0 Å². The van der Waals surface area contributed by atoms with Gasteiger partial charge in [-0.3, -0.25) is 0 Å². The third-order valence-corrected chi connectivity index (χ3v) is 2.29. The third kappa shape index (κ3) is 1.63. The Balaban J connectivity index is 0.000000980. The Kier molecular flexibility index (Phi) is 3.19. The van der Waals surface area contributed by atoms with Gasteiger partial charge in [-0.1, -0.05) is 18.2 Å². The van der Waals surface area contributed by atoms with Gasteiger partial charge in [0.1, 0.15) is 11.3 Å². The molecular weight excluding hydrogens is 198 g/mol. The van der Waals surface area contributed by atoms with E-state index in [2.05, 4.69) is 6.07 Å². The second-order valence-electron chi connectivity index (χ2n) is 3.38. The zero-order valence-corrected chi connectivity index (χ0v) is 9.10. The van der Waals surface area contributed by atoms with E-state index in [9.17, 15) is 0 Å². The summed E-state index contributed by atoms with van der Waals surface area (Å²) in [5, 5.41) is 1.16. The lowest BCUT2D eigenvalue weighted by Gasteiger charge is -2.00. The molecule has 2 nitrogen and oxygen atoms in total. The monoisotopic (exact) mass is 211 g/mol. The molecule has 3 heteroatoms. The van der Waals surface area contributed by atoms with Crippen LogP contribution in [0.2, 0.25) is 0 Å². The van der Waals surface area contributed by atoms with E-state index >= 15 is 0 Å². The van der Waals surface area contributed by atoms with Gasteiger partial charge < -0.3 is 10.2 Å². The smallest absolute Gasteiger partial charge is 0.134 e. The Morgan fingerprint density at radius 1 is 1.29 bits per heavy atom. The van der Waals surface area contributed by atoms with E-state index in [1.165, 1.54) is 0 Å². The quantitative estimate of drug-likeness (QED) is 0.787. The van der Waals surface area contributed by atoms with Gasteiger partial charge in [0, 0.05) is 5.39 Å². The number of aryl methyl sites for hydroxylation is 1. The van der Waals surface area contributed by atoms with Crippen molar-refractivity contribution in [3.63, 3.8) is 0 Å². The van der Waals surface area contributed by atoms with Crippen molar-refractivity contribution in [2.75, 3.05) is 0 Å². The molecule has 0 saturated carbocycles. The van der Waals surface area contributed by atoms with Gasteiger partial charge in [-0.25, -0.2) is 0 Å². The summed E-state index contributed by atoms with van der Waals surface area (Å²) in [4.78, 5) is 0. The fraction of sp³-hybridized carbons (Fsp3) is 0.273. The summed E-state index contributed by atoms with van der Waals surface area (Å²) in [6.07, 6.45) is 0. The molecule has 1 aromatic heterocycles. The second-order valence-corrected chi connectivity index (χ2v) is 3.38. The maximum Gasteiger partial charge on any atom is 0.134 e. The zero-order valence-electron chi connectivity index (χ0n) is 8.28. The van der Waals surface area contributed by atoms with Crippen molar-refractivity contribution in [1.82, 2.24) is 0 Å². The van der Waals surface area contributed by atoms with Crippen LogP contribution in [0.1, 0.15) is 24.3 Å². The van der Waals surface area contributed by atoms with Gasteiger partial charge in [-0.05, 0) is 25.5 Å². The number of furan rings is 1. The predicted molar refractivity (Wildman–Crippen MR) is 60.8 cm³/mol. The minimum absolute atomic E-state index is 0. The minimum atomic E-state index is -0.0348. The van der Waals surface area contributed by atoms with Crippen LogP contribution in [0.15, 0.2) is 28.7 Å². The average Bonchev–Trinajstić information content (AvgIpc) is 2.45. The number of hydrogen-bond donors (Lipinski definition) is 1. The van der Waals surface area contributed by atoms with Crippen molar-refractivity contribution in [3.05, 3.63) is 35.6 Å². The van der Waals surface area contributed by atoms with Crippen molar-refractivity contribution in [2.24, 2.45) is 5.73 Å². The van der Waals surface area contributed by atoms with E-state index in [1.807, 2.05) is 32.0 Å². The van der Waals surface area contributed by atoms with Crippen LogP contribution in [0.4, 0.5) is 0 Å². The molecule has 1 atom stereocenters. The Morgan fingerprint density at radius 3 is 2.50 bits per heavy atom. The molecule has 1 aromatic carbocycles. The van der Waals surface area contributed by atoms with Gasteiger partial charge in [-0.2, -0.15) is 0 Å².